The molecule has 2 rings (SSSR count). The molecule has 9 nitrogen and oxygen atoms in total. The number of hydrogen-bond acceptors (Lipinski definition) is 7. The van der Waals surface area contributed by atoms with E-state index in [1.165, 1.54) is 24.1 Å². The van der Waals surface area contributed by atoms with Crippen molar-refractivity contribution in [3.05, 3.63) is 57.5 Å². The molecule has 0 bridgehead atoms. The molecule has 0 spiro atoms. The van der Waals surface area contributed by atoms with Crippen LogP contribution in [0.25, 0.3) is 0 Å². The first-order valence-corrected chi connectivity index (χ1v) is 8.71. The summed E-state index contributed by atoms with van der Waals surface area (Å²) in [6.45, 7) is 2.48. The molecule has 0 aliphatic rings. The summed E-state index contributed by atoms with van der Waals surface area (Å²) < 4.78 is 10.2. The number of methoxy groups -OCH3 is 1. The molecule has 0 fully saturated rings. The van der Waals surface area contributed by atoms with Gasteiger partial charge in [0.2, 0.25) is 5.91 Å². The van der Waals surface area contributed by atoms with Gasteiger partial charge >= 0.3 is 5.97 Å². The summed E-state index contributed by atoms with van der Waals surface area (Å²) in [4.78, 5) is 35.6. The second-order valence-electron chi connectivity index (χ2n) is 6.26. The van der Waals surface area contributed by atoms with Crippen molar-refractivity contribution < 1.29 is 23.7 Å². The molecular weight excluding hydrogens is 366 g/mol. The lowest BCUT2D eigenvalue weighted by molar-refractivity contribution is -0.384. The monoisotopic (exact) mass is 389 g/mol. The highest BCUT2D eigenvalue weighted by Crippen LogP contribution is 2.18. The van der Waals surface area contributed by atoms with Gasteiger partial charge in [-0.25, -0.2) is 4.79 Å². The minimum absolute atomic E-state index is 0.0332. The van der Waals surface area contributed by atoms with Gasteiger partial charge in [0.15, 0.2) is 0 Å². The highest BCUT2D eigenvalue weighted by molar-refractivity contribution is 5.90. The van der Waals surface area contributed by atoms with Crippen molar-refractivity contribution >= 4 is 23.3 Å². The second-order valence-corrected chi connectivity index (χ2v) is 6.26. The second kappa shape index (κ2) is 9.54. The number of amides is 1. The van der Waals surface area contributed by atoms with Crippen molar-refractivity contribution in [2.75, 3.05) is 26.0 Å². The number of rotatable bonds is 9. The van der Waals surface area contributed by atoms with Gasteiger partial charge in [-0.2, -0.15) is 0 Å². The molecule has 1 heterocycles. The number of nitrogens with zero attached hydrogens (tertiary/aromatic N) is 2. The van der Waals surface area contributed by atoms with E-state index in [1.807, 2.05) is 0 Å². The summed E-state index contributed by atoms with van der Waals surface area (Å²) in [6, 6.07) is 7.69. The van der Waals surface area contributed by atoms with Gasteiger partial charge in [0.1, 0.15) is 17.1 Å². The topological polar surface area (TPSA) is 115 Å². The number of aryl methyl sites for hydroxylation is 1. The van der Waals surface area contributed by atoms with Crippen molar-refractivity contribution in [2.24, 2.45) is 0 Å². The maximum atomic E-state index is 12.3. The zero-order valence-corrected chi connectivity index (χ0v) is 16.1. The molecular formula is C19H23N3O6. The van der Waals surface area contributed by atoms with Crippen LogP contribution in [0, 0.1) is 17.0 Å². The maximum Gasteiger partial charge on any atom is 0.341 e. The van der Waals surface area contributed by atoms with Crippen molar-refractivity contribution in [1.82, 2.24) is 4.90 Å². The Kier molecular flexibility index (Phi) is 7.14. The van der Waals surface area contributed by atoms with Crippen LogP contribution < -0.4 is 5.32 Å². The number of carbonyl (C=O) groups is 2. The Morgan fingerprint density at radius 3 is 2.57 bits per heavy atom. The van der Waals surface area contributed by atoms with E-state index in [0.29, 0.717) is 36.5 Å². The fraction of sp³-hybridized carbons (Fsp3) is 0.368. The standard InChI is InChI=1S/C19H23N3O6/c1-13-17(19(24)27-3)11-16(28-13)12-21(2)18(23)5-4-10-20-14-6-8-15(9-7-14)22(25)26/h6-9,11,20H,4-5,10,12H2,1-3H3. The Morgan fingerprint density at radius 1 is 1.29 bits per heavy atom. The van der Waals surface area contributed by atoms with Crippen LogP contribution in [0.15, 0.2) is 34.7 Å². The Balaban J connectivity index is 1.76. The quantitative estimate of drug-likeness (QED) is 0.303. The van der Waals surface area contributed by atoms with E-state index >= 15 is 0 Å². The zero-order valence-electron chi connectivity index (χ0n) is 16.1. The van der Waals surface area contributed by atoms with E-state index in [-0.39, 0.29) is 18.1 Å². The number of nitro groups is 1. The van der Waals surface area contributed by atoms with Gasteiger partial charge in [-0.3, -0.25) is 14.9 Å². The molecule has 0 radical (unpaired) electrons. The van der Waals surface area contributed by atoms with E-state index in [0.717, 1.165) is 5.69 Å². The average Bonchev–Trinajstić information content (AvgIpc) is 3.04. The minimum Gasteiger partial charge on any atom is -0.465 e. The fourth-order valence-electron chi connectivity index (χ4n) is 2.62. The minimum atomic E-state index is -0.473. The molecule has 1 aromatic carbocycles. The highest BCUT2D eigenvalue weighted by atomic mass is 16.6. The largest absolute Gasteiger partial charge is 0.465 e. The number of furan rings is 1. The number of nitro benzene ring substituents is 1. The Labute approximate surface area is 162 Å². The number of anilines is 1. The van der Waals surface area contributed by atoms with Crippen LogP contribution in [0.2, 0.25) is 0 Å². The number of esters is 1. The van der Waals surface area contributed by atoms with E-state index in [1.54, 1.807) is 32.2 Å². The van der Waals surface area contributed by atoms with Crippen LogP contribution in [0.3, 0.4) is 0 Å². The van der Waals surface area contributed by atoms with Crippen LogP contribution in [-0.4, -0.2) is 42.4 Å². The first-order chi connectivity index (χ1) is 13.3. The van der Waals surface area contributed by atoms with Gasteiger partial charge in [0.25, 0.3) is 5.69 Å². The molecule has 1 aromatic heterocycles. The summed E-state index contributed by atoms with van der Waals surface area (Å²) in [6.07, 6.45) is 0.935. The van der Waals surface area contributed by atoms with Gasteiger partial charge < -0.3 is 19.4 Å². The van der Waals surface area contributed by atoms with Gasteiger partial charge in [-0.15, -0.1) is 0 Å². The number of ether oxygens (including phenoxy) is 1. The van der Waals surface area contributed by atoms with Crippen LogP contribution in [-0.2, 0) is 16.1 Å². The lowest BCUT2D eigenvalue weighted by atomic mass is 10.2. The zero-order chi connectivity index (χ0) is 20.7. The molecule has 28 heavy (non-hydrogen) atoms. The third kappa shape index (κ3) is 5.57. The van der Waals surface area contributed by atoms with Crippen LogP contribution in [0.1, 0.15) is 34.7 Å². The molecule has 1 N–H and O–H groups in total. The number of benzene rings is 1. The number of carbonyl (C=O) groups excluding carboxylic acids is 2. The highest BCUT2D eigenvalue weighted by Gasteiger charge is 2.17. The molecule has 0 saturated heterocycles. The van der Waals surface area contributed by atoms with Crippen molar-refractivity contribution in [1.29, 1.82) is 0 Å². The summed E-state index contributed by atoms with van der Waals surface area (Å²) >= 11 is 0. The number of hydrogen-bond donors (Lipinski definition) is 1. The van der Waals surface area contributed by atoms with Gasteiger partial charge in [0.05, 0.1) is 18.6 Å². The normalized spacial score (nSPS) is 10.4. The molecule has 0 aliphatic heterocycles. The van der Waals surface area contributed by atoms with Crippen molar-refractivity contribution in [2.45, 2.75) is 26.3 Å². The molecule has 0 saturated carbocycles. The lowest BCUT2D eigenvalue weighted by Gasteiger charge is -2.15. The predicted octanol–water partition coefficient (Wildman–Crippen LogP) is 3.13. The smallest absolute Gasteiger partial charge is 0.341 e. The molecule has 0 aliphatic carbocycles. The predicted molar refractivity (Wildman–Crippen MR) is 102 cm³/mol. The Hall–Kier alpha value is -3.36. The van der Waals surface area contributed by atoms with Crippen LogP contribution in [0.5, 0.6) is 0 Å². The summed E-state index contributed by atoms with van der Waals surface area (Å²) in [5.41, 5.74) is 1.14. The molecule has 1 amide bonds. The average molecular weight is 389 g/mol. The van der Waals surface area contributed by atoms with Crippen LogP contribution >= 0.6 is 0 Å². The van der Waals surface area contributed by atoms with Gasteiger partial charge in [-0.1, -0.05) is 0 Å². The van der Waals surface area contributed by atoms with E-state index < -0.39 is 10.9 Å². The summed E-state index contributed by atoms with van der Waals surface area (Å²) in [5.74, 6) is 0.436. The Morgan fingerprint density at radius 2 is 1.96 bits per heavy atom. The van der Waals surface area contributed by atoms with Gasteiger partial charge in [-0.05, 0) is 31.5 Å². The molecule has 9 heteroatoms. The van der Waals surface area contributed by atoms with Crippen molar-refractivity contribution in [3.8, 4) is 0 Å². The molecule has 2 aromatic rings. The number of nitrogens with one attached hydrogen (secondary N) is 1. The molecule has 0 unspecified atom stereocenters. The van der Waals surface area contributed by atoms with E-state index in [2.05, 4.69) is 10.1 Å². The number of non-ortho nitro benzene ring substituents is 1. The van der Waals surface area contributed by atoms with E-state index in [4.69, 9.17) is 4.42 Å². The molecule has 0 atom stereocenters. The summed E-state index contributed by atoms with van der Waals surface area (Å²) in [5, 5.41) is 13.7. The fourth-order valence-corrected chi connectivity index (χ4v) is 2.62. The Bertz CT molecular complexity index is 844. The lowest BCUT2D eigenvalue weighted by Crippen LogP contribution is -2.26. The molecule has 150 valence electrons. The third-order valence-electron chi connectivity index (χ3n) is 4.17. The van der Waals surface area contributed by atoms with E-state index in [9.17, 15) is 19.7 Å². The third-order valence-corrected chi connectivity index (χ3v) is 4.17. The first-order valence-electron chi connectivity index (χ1n) is 8.71. The summed E-state index contributed by atoms with van der Waals surface area (Å²) in [7, 11) is 2.97. The van der Waals surface area contributed by atoms with Crippen LogP contribution in [0.4, 0.5) is 11.4 Å². The first kappa shape index (κ1) is 20.9. The van der Waals surface area contributed by atoms with Gasteiger partial charge in [0, 0.05) is 37.8 Å². The maximum absolute atomic E-state index is 12.3. The van der Waals surface area contributed by atoms with Crippen molar-refractivity contribution in [3.63, 3.8) is 0 Å². The SMILES string of the molecule is COC(=O)c1cc(CN(C)C(=O)CCCNc2ccc([N+](=O)[O-])cc2)oc1C.